The molecule has 0 aliphatic rings. The number of carbonyl (C=O) groups excluding carboxylic acids is 3. The van der Waals surface area contributed by atoms with Gasteiger partial charge >= 0.3 is 11.9 Å². The van der Waals surface area contributed by atoms with Crippen LogP contribution in [0.5, 0.6) is 5.75 Å². The number of amides is 1. The Bertz CT molecular complexity index is 1390. The molecule has 2 rings (SSSR count). The van der Waals surface area contributed by atoms with E-state index in [-0.39, 0.29) is 19.4 Å². The second-order valence-electron chi connectivity index (χ2n) is 12.2. The molecule has 9 heteroatoms. The lowest BCUT2D eigenvalue weighted by Crippen LogP contribution is -2.54. The Balaban J connectivity index is 1.91. The molecule has 3 N–H and O–H groups in total. The molecule has 1 amide bonds. The van der Waals surface area contributed by atoms with Gasteiger partial charge in [-0.15, -0.1) is 5.92 Å². The highest BCUT2D eigenvalue weighted by atomic mass is 16.5. The van der Waals surface area contributed by atoms with Gasteiger partial charge in [0.15, 0.2) is 5.60 Å². The van der Waals surface area contributed by atoms with Gasteiger partial charge in [0, 0.05) is 19.3 Å². The fourth-order valence-electron chi connectivity index (χ4n) is 5.58. The maximum absolute atomic E-state index is 13.6. The molecule has 0 bridgehead atoms. The number of ether oxygens (including phenoxy) is 2. The highest BCUT2D eigenvalue weighted by Gasteiger charge is 2.46. The fraction of sp³-hybridized carbons (Fsp3) is 0.500. The standard InChI is InChI=1S/C40H53NO8/c1-4-6-29-49-34-26-24-32(25-27-34)30-36(38(44)48-3)41-37(43)35(40(47,28-5-2)39(45)46)23-15-10-8-7-9-14-21-33(42)22-17-16-20-31-18-12-11-13-19-31/h11-13,15,18-19,23-27,35-36,47H,5,7-10,14,16-17,20-22,28-30H2,1-3H3,(H,41,43)(H,45,46)/t35-,36+,40+/m1/s1. The Morgan fingerprint density at radius 2 is 1.59 bits per heavy atom. The molecular formula is C40H53NO8. The van der Waals surface area contributed by atoms with Gasteiger partial charge in [-0.1, -0.05) is 86.7 Å². The molecule has 49 heavy (non-hydrogen) atoms. The topological polar surface area (TPSA) is 139 Å². The molecule has 0 heterocycles. The number of nitrogens with one attached hydrogen (secondary N) is 1. The second-order valence-corrected chi connectivity index (χ2v) is 12.2. The summed E-state index contributed by atoms with van der Waals surface area (Å²) in [4.78, 5) is 50.8. The van der Waals surface area contributed by atoms with Crippen LogP contribution in [0, 0.1) is 17.8 Å². The van der Waals surface area contributed by atoms with E-state index in [1.165, 1.54) is 18.7 Å². The Morgan fingerprint density at radius 1 is 0.918 bits per heavy atom. The maximum atomic E-state index is 13.6. The van der Waals surface area contributed by atoms with Gasteiger partial charge in [0.25, 0.3) is 0 Å². The molecular weight excluding hydrogens is 622 g/mol. The third-order valence-electron chi connectivity index (χ3n) is 8.37. The van der Waals surface area contributed by atoms with Crippen LogP contribution in [0.15, 0.2) is 66.7 Å². The third-order valence-corrected chi connectivity index (χ3v) is 8.37. The van der Waals surface area contributed by atoms with Crippen molar-refractivity contribution in [1.82, 2.24) is 5.32 Å². The van der Waals surface area contributed by atoms with E-state index in [1.807, 2.05) is 18.2 Å². The van der Waals surface area contributed by atoms with Gasteiger partial charge in [0.1, 0.15) is 24.2 Å². The number of aliphatic hydroxyl groups is 1. The van der Waals surface area contributed by atoms with Crippen LogP contribution in [-0.4, -0.2) is 59.2 Å². The minimum Gasteiger partial charge on any atom is -0.481 e. The van der Waals surface area contributed by atoms with Gasteiger partial charge < -0.3 is 25.0 Å². The van der Waals surface area contributed by atoms with Gasteiger partial charge in [-0.2, -0.15) is 0 Å². The summed E-state index contributed by atoms with van der Waals surface area (Å²) in [5.74, 6) is 2.01. The van der Waals surface area contributed by atoms with Crippen LogP contribution in [0.2, 0.25) is 0 Å². The molecule has 0 spiro atoms. The number of carbonyl (C=O) groups is 4. The normalized spacial score (nSPS) is 13.4. The number of carboxylic acids is 1. The van der Waals surface area contributed by atoms with Crippen molar-refractivity contribution >= 4 is 23.6 Å². The fourth-order valence-corrected chi connectivity index (χ4v) is 5.58. The van der Waals surface area contributed by atoms with Crippen molar-refractivity contribution in [2.75, 3.05) is 13.7 Å². The van der Waals surface area contributed by atoms with Crippen LogP contribution < -0.4 is 10.1 Å². The van der Waals surface area contributed by atoms with Gasteiger partial charge in [0.2, 0.25) is 5.91 Å². The Kier molecular flexibility index (Phi) is 19.2. The molecule has 0 radical (unpaired) electrons. The molecule has 3 atom stereocenters. The van der Waals surface area contributed by atoms with Crippen molar-refractivity contribution in [3.63, 3.8) is 0 Å². The van der Waals surface area contributed by atoms with Crippen molar-refractivity contribution in [2.24, 2.45) is 5.92 Å². The van der Waals surface area contributed by atoms with Crippen molar-refractivity contribution in [3.05, 3.63) is 77.9 Å². The number of hydrogen-bond donors (Lipinski definition) is 3. The van der Waals surface area contributed by atoms with Gasteiger partial charge in [0.05, 0.1) is 13.0 Å². The monoisotopic (exact) mass is 675 g/mol. The Labute approximate surface area is 291 Å². The summed E-state index contributed by atoms with van der Waals surface area (Å²) in [6.07, 6.45) is 11.4. The number of aliphatic carboxylic acids is 1. The lowest BCUT2D eigenvalue weighted by Gasteiger charge is -2.30. The third kappa shape index (κ3) is 15.1. The summed E-state index contributed by atoms with van der Waals surface area (Å²) in [5, 5.41) is 23.8. The zero-order chi connectivity index (χ0) is 35.9. The van der Waals surface area contributed by atoms with Gasteiger partial charge in [-0.3, -0.25) is 9.59 Å². The number of Topliss-reactive ketones (excluding diaryl/α,β-unsaturated/α-hetero) is 1. The Morgan fingerprint density at radius 3 is 2.22 bits per heavy atom. The molecule has 0 aliphatic carbocycles. The van der Waals surface area contributed by atoms with Crippen molar-refractivity contribution in [3.8, 4) is 17.6 Å². The average Bonchev–Trinajstić information content (AvgIpc) is 3.10. The first-order chi connectivity index (χ1) is 23.6. The van der Waals surface area contributed by atoms with Crippen LogP contribution in [0.1, 0.15) is 95.6 Å². The SMILES string of the molecule is CC#CCOc1ccc(C[C@H](NC(=O)[C@@H](C=CCCCCCCC(=O)CCCCc2ccccc2)[C@@](O)(CCC)C(=O)O)C(=O)OC)cc1. The number of aryl methyl sites for hydroxylation is 1. The van der Waals surface area contributed by atoms with Crippen LogP contribution >= 0.6 is 0 Å². The Hall–Kier alpha value is -4.42. The van der Waals surface area contributed by atoms with Crippen molar-refractivity contribution in [1.29, 1.82) is 0 Å². The molecule has 2 aromatic carbocycles. The lowest BCUT2D eigenvalue weighted by molar-refractivity contribution is -0.167. The summed E-state index contributed by atoms with van der Waals surface area (Å²) in [6.45, 7) is 3.69. The minimum absolute atomic E-state index is 0.0827. The molecule has 0 aliphatic heterocycles. The molecule has 0 fully saturated rings. The molecule has 0 unspecified atom stereocenters. The van der Waals surface area contributed by atoms with E-state index in [9.17, 15) is 29.4 Å². The molecule has 0 saturated carbocycles. The largest absolute Gasteiger partial charge is 0.481 e. The quantitative estimate of drug-likeness (QED) is 0.0503. The molecule has 0 saturated heterocycles. The number of rotatable bonds is 24. The van der Waals surface area contributed by atoms with Crippen molar-refractivity contribution < 1.29 is 38.9 Å². The predicted molar refractivity (Wildman–Crippen MR) is 190 cm³/mol. The average molecular weight is 676 g/mol. The lowest BCUT2D eigenvalue weighted by atomic mass is 9.82. The van der Waals surface area contributed by atoms with E-state index in [4.69, 9.17) is 9.47 Å². The number of ketones is 1. The number of allylic oxidation sites excluding steroid dienone is 1. The summed E-state index contributed by atoms with van der Waals surface area (Å²) in [5.41, 5.74) is -0.358. The van der Waals surface area contributed by atoms with Crippen molar-refractivity contribution in [2.45, 2.75) is 109 Å². The van der Waals surface area contributed by atoms with E-state index < -0.39 is 35.4 Å². The predicted octanol–water partition coefficient (Wildman–Crippen LogP) is 6.40. The number of hydrogen-bond acceptors (Lipinski definition) is 7. The van der Waals surface area contributed by atoms with E-state index in [0.717, 1.165) is 44.9 Å². The van der Waals surface area contributed by atoms with Crippen LogP contribution in [-0.2, 0) is 36.8 Å². The van der Waals surface area contributed by atoms with E-state index in [0.29, 0.717) is 42.8 Å². The summed E-state index contributed by atoms with van der Waals surface area (Å²) < 4.78 is 10.5. The maximum Gasteiger partial charge on any atom is 0.336 e. The molecule has 266 valence electrons. The smallest absolute Gasteiger partial charge is 0.336 e. The van der Waals surface area contributed by atoms with Gasteiger partial charge in [-0.05, 0) is 75.1 Å². The number of methoxy groups -OCH3 is 1. The van der Waals surface area contributed by atoms with E-state index in [1.54, 1.807) is 44.2 Å². The first kappa shape index (κ1) is 40.8. The molecule has 0 aromatic heterocycles. The number of carboxylic acid groups (broad SMARTS) is 1. The van der Waals surface area contributed by atoms with Crippen LogP contribution in [0.3, 0.4) is 0 Å². The summed E-state index contributed by atoms with van der Waals surface area (Å²) in [7, 11) is 1.21. The van der Waals surface area contributed by atoms with Crippen LogP contribution in [0.25, 0.3) is 0 Å². The second kappa shape index (κ2) is 23.0. The van der Waals surface area contributed by atoms with E-state index >= 15 is 0 Å². The molecule has 9 nitrogen and oxygen atoms in total. The molecule has 2 aromatic rings. The highest BCUT2D eigenvalue weighted by molar-refractivity contribution is 5.92. The highest BCUT2D eigenvalue weighted by Crippen LogP contribution is 2.27. The summed E-state index contributed by atoms with van der Waals surface area (Å²) in [6, 6.07) is 16.1. The number of esters is 1. The number of unbranched alkanes of at least 4 members (excludes halogenated alkanes) is 5. The zero-order valence-electron chi connectivity index (χ0n) is 29.2. The number of benzene rings is 2. The summed E-state index contributed by atoms with van der Waals surface area (Å²) >= 11 is 0. The van der Waals surface area contributed by atoms with Crippen LogP contribution in [0.4, 0.5) is 0 Å². The van der Waals surface area contributed by atoms with Gasteiger partial charge in [-0.25, -0.2) is 9.59 Å². The zero-order valence-corrected chi connectivity index (χ0v) is 29.2. The first-order valence-corrected chi connectivity index (χ1v) is 17.3. The van der Waals surface area contributed by atoms with E-state index in [2.05, 4.69) is 29.3 Å². The first-order valence-electron chi connectivity index (χ1n) is 17.3. The minimum atomic E-state index is -2.36.